The summed E-state index contributed by atoms with van der Waals surface area (Å²) in [6.45, 7) is 4.54. The van der Waals surface area contributed by atoms with Crippen molar-refractivity contribution in [3.8, 4) is 5.75 Å². The van der Waals surface area contributed by atoms with Crippen LogP contribution in [0.5, 0.6) is 5.75 Å². The van der Waals surface area contributed by atoms with Gasteiger partial charge in [0.05, 0.1) is 5.52 Å². The van der Waals surface area contributed by atoms with E-state index in [2.05, 4.69) is 4.98 Å². The van der Waals surface area contributed by atoms with E-state index in [1.165, 1.54) is 4.90 Å². The van der Waals surface area contributed by atoms with Gasteiger partial charge in [0, 0.05) is 17.5 Å². The molecule has 2 atom stereocenters. The van der Waals surface area contributed by atoms with Gasteiger partial charge in [-0.1, -0.05) is 55.8 Å². The molecule has 1 aromatic heterocycles. The molecule has 2 amide bonds. The first-order chi connectivity index (χ1) is 16.7. The lowest BCUT2D eigenvalue weighted by molar-refractivity contribution is -0.144. The lowest BCUT2D eigenvalue weighted by Gasteiger charge is -2.30. The Bertz CT molecular complexity index is 1230. The Morgan fingerprint density at radius 2 is 1.97 bits per heavy atom. The van der Waals surface area contributed by atoms with E-state index in [1.807, 2.05) is 38.1 Å². The highest BCUT2D eigenvalue weighted by atomic mass is 35.5. The van der Waals surface area contributed by atoms with Gasteiger partial charge in [0.2, 0.25) is 5.91 Å². The van der Waals surface area contributed by atoms with Crippen LogP contribution in [0.4, 0.5) is 0 Å². The van der Waals surface area contributed by atoms with Crippen LogP contribution in [0.25, 0.3) is 10.9 Å². The number of benzene rings is 2. The van der Waals surface area contributed by atoms with Crippen LogP contribution in [-0.4, -0.2) is 39.5 Å². The van der Waals surface area contributed by atoms with E-state index < -0.39 is 17.5 Å². The summed E-state index contributed by atoms with van der Waals surface area (Å²) in [6, 6.07) is 15.8. The van der Waals surface area contributed by atoms with Gasteiger partial charge in [0.25, 0.3) is 5.91 Å². The fourth-order valence-corrected chi connectivity index (χ4v) is 4.79. The van der Waals surface area contributed by atoms with Crippen molar-refractivity contribution in [2.45, 2.75) is 44.9 Å². The minimum absolute atomic E-state index is 0.154. The number of rotatable bonds is 8. The van der Waals surface area contributed by atoms with Crippen molar-refractivity contribution in [3.05, 3.63) is 70.9 Å². The maximum absolute atomic E-state index is 13.3. The SMILES string of the molecule is CC(C)C[C@H](C(=O)NO)N1CC[C@@](N)(c2ccc(OCc3cc(Cl)nc4ccccc34)cc2)C1=O. The van der Waals surface area contributed by atoms with Crippen LogP contribution in [0.3, 0.4) is 0 Å². The monoisotopic (exact) mass is 496 g/mol. The standard InChI is InChI=1S/C26H29ClN4O4/c1-16(2)13-22(24(32)30-34)31-12-11-26(28,25(31)33)18-7-9-19(10-8-18)35-15-17-14-23(27)29-21-6-4-3-5-20(17)21/h3-10,14,16,22,34H,11-13,15,28H2,1-2H3,(H,30,32)/t22-,26-/m1/s1. The summed E-state index contributed by atoms with van der Waals surface area (Å²) < 4.78 is 5.98. The summed E-state index contributed by atoms with van der Waals surface area (Å²) in [5, 5.41) is 10.5. The molecular formula is C26H29ClN4O4. The molecule has 2 heterocycles. The van der Waals surface area contributed by atoms with Gasteiger partial charge in [-0.25, -0.2) is 10.5 Å². The smallest absolute Gasteiger partial charge is 0.266 e. The first kappa shape index (κ1) is 24.9. The lowest BCUT2D eigenvalue weighted by atomic mass is 9.89. The summed E-state index contributed by atoms with van der Waals surface area (Å²) in [6.07, 6.45) is 0.787. The first-order valence-electron chi connectivity index (χ1n) is 11.5. The van der Waals surface area contributed by atoms with E-state index >= 15 is 0 Å². The highest BCUT2D eigenvalue weighted by Crippen LogP contribution is 2.34. The molecule has 8 nitrogen and oxygen atoms in total. The van der Waals surface area contributed by atoms with Gasteiger partial charge in [-0.3, -0.25) is 14.8 Å². The van der Waals surface area contributed by atoms with Gasteiger partial charge in [-0.15, -0.1) is 0 Å². The zero-order chi connectivity index (χ0) is 25.2. The number of amides is 2. The van der Waals surface area contributed by atoms with Crippen molar-refractivity contribution in [2.75, 3.05) is 6.54 Å². The normalized spacial score (nSPS) is 18.8. The quantitative estimate of drug-likeness (QED) is 0.248. The van der Waals surface area contributed by atoms with Crippen LogP contribution < -0.4 is 16.0 Å². The molecule has 0 aliphatic carbocycles. The Kier molecular flexibility index (Phi) is 7.25. The van der Waals surface area contributed by atoms with Gasteiger partial charge < -0.3 is 15.4 Å². The molecule has 0 spiro atoms. The topological polar surface area (TPSA) is 118 Å². The number of ether oxygens (including phenoxy) is 1. The van der Waals surface area contributed by atoms with Crippen LogP contribution in [0, 0.1) is 5.92 Å². The van der Waals surface area contributed by atoms with Crippen molar-refractivity contribution >= 4 is 34.3 Å². The van der Waals surface area contributed by atoms with Crippen LogP contribution >= 0.6 is 11.6 Å². The fraction of sp³-hybridized carbons (Fsp3) is 0.346. The van der Waals surface area contributed by atoms with Gasteiger partial charge in [-0.05, 0) is 48.6 Å². The summed E-state index contributed by atoms with van der Waals surface area (Å²) in [7, 11) is 0. The molecule has 1 aliphatic rings. The number of carbonyl (C=O) groups is 2. The van der Waals surface area contributed by atoms with Crippen molar-refractivity contribution in [3.63, 3.8) is 0 Å². The zero-order valence-electron chi connectivity index (χ0n) is 19.7. The predicted molar refractivity (Wildman–Crippen MR) is 133 cm³/mol. The summed E-state index contributed by atoms with van der Waals surface area (Å²) in [5.41, 5.74) is 9.36. The first-order valence-corrected chi connectivity index (χ1v) is 11.9. The minimum Gasteiger partial charge on any atom is -0.489 e. The summed E-state index contributed by atoms with van der Waals surface area (Å²) in [5.74, 6) is -0.169. The van der Waals surface area contributed by atoms with Crippen LogP contribution in [-0.2, 0) is 21.7 Å². The Morgan fingerprint density at radius 3 is 2.66 bits per heavy atom. The number of para-hydroxylation sites is 1. The largest absolute Gasteiger partial charge is 0.489 e. The zero-order valence-corrected chi connectivity index (χ0v) is 20.5. The van der Waals surface area contributed by atoms with E-state index in [0.717, 1.165) is 16.5 Å². The third-order valence-electron chi connectivity index (χ3n) is 6.41. The Balaban J connectivity index is 1.49. The molecule has 1 saturated heterocycles. The van der Waals surface area contributed by atoms with Crippen molar-refractivity contribution in [1.29, 1.82) is 0 Å². The summed E-state index contributed by atoms with van der Waals surface area (Å²) >= 11 is 6.16. The molecule has 0 unspecified atom stereocenters. The maximum atomic E-state index is 13.3. The molecule has 184 valence electrons. The van der Waals surface area contributed by atoms with Crippen molar-refractivity contribution < 1.29 is 19.5 Å². The van der Waals surface area contributed by atoms with Crippen LogP contribution in [0.2, 0.25) is 5.15 Å². The Hall–Kier alpha value is -3.20. The number of halogens is 1. The predicted octanol–water partition coefficient (Wildman–Crippen LogP) is 3.77. The number of hydrogen-bond acceptors (Lipinski definition) is 6. The van der Waals surface area contributed by atoms with E-state index in [9.17, 15) is 9.59 Å². The number of likely N-dealkylation sites (tertiary alicyclic amines) is 1. The van der Waals surface area contributed by atoms with E-state index in [4.69, 9.17) is 27.3 Å². The number of hydrogen-bond donors (Lipinski definition) is 3. The third-order valence-corrected chi connectivity index (χ3v) is 6.60. The number of pyridine rings is 1. The van der Waals surface area contributed by atoms with Gasteiger partial charge in [0.15, 0.2) is 0 Å². The summed E-state index contributed by atoms with van der Waals surface area (Å²) in [4.78, 5) is 31.4. The number of nitrogens with two attached hydrogens (primary N) is 1. The molecule has 3 aromatic rings. The van der Waals surface area contributed by atoms with Crippen molar-refractivity contribution in [1.82, 2.24) is 15.4 Å². The lowest BCUT2D eigenvalue weighted by Crippen LogP contribution is -2.52. The number of nitrogens with one attached hydrogen (secondary N) is 1. The molecule has 0 radical (unpaired) electrons. The molecule has 1 aliphatic heterocycles. The highest BCUT2D eigenvalue weighted by molar-refractivity contribution is 6.29. The highest BCUT2D eigenvalue weighted by Gasteiger charge is 2.48. The molecule has 1 fully saturated rings. The van der Waals surface area contributed by atoms with E-state index in [-0.39, 0.29) is 11.8 Å². The van der Waals surface area contributed by atoms with E-state index in [0.29, 0.717) is 42.5 Å². The molecule has 4 N–H and O–H groups in total. The molecule has 0 saturated carbocycles. The molecule has 2 aromatic carbocycles. The number of fused-ring (bicyclic) bond motifs is 1. The molecular weight excluding hydrogens is 468 g/mol. The van der Waals surface area contributed by atoms with Crippen LogP contribution in [0.1, 0.15) is 37.8 Å². The number of hydroxylamine groups is 1. The Labute approximate surface area is 209 Å². The average Bonchev–Trinajstić information content (AvgIpc) is 3.15. The molecule has 4 rings (SSSR count). The second kappa shape index (κ2) is 10.2. The molecule has 35 heavy (non-hydrogen) atoms. The third kappa shape index (κ3) is 5.10. The molecule has 0 bridgehead atoms. The molecule has 9 heteroatoms. The van der Waals surface area contributed by atoms with Gasteiger partial charge in [0.1, 0.15) is 29.1 Å². The van der Waals surface area contributed by atoms with E-state index in [1.54, 1.807) is 35.8 Å². The van der Waals surface area contributed by atoms with Crippen LogP contribution in [0.15, 0.2) is 54.6 Å². The Morgan fingerprint density at radius 1 is 1.26 bits per heavy atom. The second-order valence-electron chi connectivity index (χ2n) is 9.28. The van der Waals surface area contributed by atoms with Crippen molar-refractivity contribution in [2.24, 2.45) is 11.7 Å². The number of nitrogens with zero attached hydrogens (tertiary/aromatic N) is 2. The maximum Gasteiger partial charge on any atom is 0.266 e. The number of carbonyl (C=O) groups excluding carboxylic acids is 2. The van der Waals surface area contributed by atoms with Gasteiger partial charge in [-0.2, -0.15) is 0 Å². The average molecular weight is 497 g/mol. The number of aromatic nitrogens is 1. The minimum atomic E-state index is -1.25. The van der Waals surface area contributed by atoms with Gasteiger partial charge >= 0.3 is 0 Å². The fourth-order valence-electron chi connectivity index (χ4n) is 4.56. The second-order valence-corrected chi connectivity index (χ2v) is 9.66.